The lowest BCUT2D eigenvalue weighted by Gasteiger charge is -2.24. The van der Waals surface area contributed by atoms with Crippen molar-refractivity contribution in [2.45, 2.75) is 30.3 Å². The predicted octanol–water partition coefficient (Wildman–Crippen LogP) is 4.63. The third-order valence-electron chi connectivity index (χ3n) is 4.80. The van der Waals surface area contributed by atoms with Crippen LogP contribution in [-0.4, -0.2) is 36.2 Å². The van der Waals surface area contributed by atoms with E-state index in [1.807, 2.05) is 24.5 Å². The summed E-state index contributed by atoms with van der Waals surface area (Å²) in [5.74, 6) is -0.0832. The predicted molar refractivity (Wildman–Crippen MR) is 106 cm³/mol. The molecule has 1 fully saturated rings. The molecule has 2 aromatic rings. The number of carbonyl (C=O) groups excluding carboxylic acids is 1. The number of hydrogen-bond donors (Lipinski definition) is 1. The van der Waals surface area contributed by atoms with Crippen molar-refractivity contribution in [3.8, 4) is 0 Å². The van der Waals surface area contributed by atoms with Crippen molar-refractivity contribution < 1.29 is 4.79 Å². The molecule has 1 saturated heterocycles. The van der Waals surface area contributed by atoms with E-state index in [4.69, 9.17) is 11.6 Å². The van der Waals surface area contributed by atoms with Crippen LogP contribution in [0.15, 0.2) is 53.4 Å². The summed E-state index contributed by atoms with van der Waals surface area (Å²) in [7, 11) is 0. The molecule has 1 N–H and O–H groups in total. The standard InChI is InChI=1S/C20H23ClN2OS/c1-14(15-6-4-3-5-7-15)23-11-10-16(13-23)22-20(24)18-12-17(25-2)8-9-19(18)21/h3-9,12,14,16H,10-11,13H2,1-2H3,(H,22,24). The SMILES string of the molecule is CSc1ccc(Cl)c(C(=O)NC2CCN(C(C)c3ccccc3)C2)c1. The van der Waals surface area contributed by atoms with Crippen LogP contribution in [0.25, 0.3) is 0 Å². The van der Waals surface area contributed by atoms with E-state index in [0.29, 0.717) is 16.6 Å². The summed E-state index contributed by atoms with van der Waals surface area (Å²) in [6.07, 6.45) is 2.95. The van der Waals surface area contributed by atoms with E-state index in [-0.39, 0.29) is 11.9 Å². The number of thioether (sulfide) groups is 1. The van der Waals surface area contributed by atoms with E-state index in [0.717, 1.165) is 24.4 Å². The van der Waals surface area contributed by atoms with Crippen molar-refractivity contribution in [3.05, 3.63) is 64.7 Å². The monoisotopic (exact) mass is 374 g/mol. The molecule has 1 aliphatic rings. The summed E-state index contributed by atoms with van der Waals surface area (Å²) in [6, 6.07) is 16.6. The Morgan fingerprint density at radius 3 is 2.76 bits per heavy atom. The van der Waals surface area contributed by atoms with E-state index >= 15 is 0 Å². The molecule has 0 aromatic heterocycles. The first kappa shape index (κ1) is 18.3. The van der Waals surface area contributed by atoms with Crippen LogP contribution in [0.5, 0.6) is 0 Å². The highest BCUT2D eigenvalue weighted by Gasteiger charge is 2.28. The van der Waals surface area contributed by atoms with Gasteiger partial charge in [-0.1, -0.05) is 41.9 Å². The quantitative estimate of drug-likeness (QED) is 0.774. The van der Waals surface area contributed by atoms with E-state index in [1.165, 1.54) is 5.56 Å². The fourth-order valence-corrected chi connectivity index (χ4v) is 3.91. The third kappa shape index (κ3) is 4.38. The number of benzene rings is 2. The summed E-state index contributed by atoms with van der Waals surface area (Å²) < 4.78 is 0. The van der Waals surface area contributed by atoms with Crippen LogP contribution in [0.1, 0.15) is 35.3 Å². The van der Waals surface area contributed by atoms with E-state index < -0.39 is 0 Å². The molecule has 132 valence electrons. The first-order chi connectivity index (χ1) is 12.1. The van der Waals surface area contributed by atoms with Gasteiger partial charge in [0.2, 0.25) is 0 Å². The lowest BCUT2D eigenvalue weighted by Crippen LogP contribution is -2.37. The number of rotatable bonds is 5. The third-order valence-corrected chi connectivity index (χ3v) is 5.86. The molecule has 0 bridgehead atoms. The normalized spacial score (nSPS) is 18.9. The number of carbonyl (C=O) groups is 1. The molecule has 2 atom stereocenters. The van der Waals surface area contributed by atoms with Gasteiger partial charge < -0.3 is 5.32 Å². The zero-order valence-electron chi connectivity index (χ0n) is 14.5. The molecule has 25 heavy (non-hydrogen) atoms. The molecule has 1 aliphatic heterocycles. The zero-order chi connectivity index (χ0) is 17.8. The number of amides is 1. The highest BCUT2D eigenvalue weighted by atomic mass is 35.5. The Hall–Kier alpha value is -1.49. The molecule has 0 aliphatic carbocycles. The number of halogens is 1. The summed E-state index contributed by atoms with van der Waals surface area (Å²) in [4.78, 5) is 16.1. The Balaban J connectivity index is 1.62. The van der Waals surface area contributed by atoms with Crippen LogP contribution < -0.4 is 5.32 Å². The second kappa shape index (κ2) is 8.26. The molecule has 1 heterocycles. The number of nitrogens with one attached hydrogen (secondary N) is 1. The van der Waals surface area contributed by atoms with Crippen molar-refractivity contribution in [1.82, 2.24) is 10.2 Å². The van der Waals surface area contributed by atoms with Gasteiger partial charge in [-0.3, -0.25) is 9.69 Å². The van der Waals surface area contributed by atoms with Gasteiger partial charge in [0.1, 0.15) is 0 Å². The molecular formula is C20H23ClN2OS. The highest BCUT2D eigenvalue weighted by Crippen LogP contribution is 2.26. The number of likely N-dealkylation sites (tertiary alicyclic amines) is 1. The molecule has 3 rings (SSSR count). The molecule has 2 unspecified atom stereocenters. The molecule has 0 radical (unpaired) electrons. The van der Waals surface area contributed by atoms with Gasteiger partial charge in [0.15, 0.2) is 0 Å². The number of hydrogen-bond acceptors (Lipinski definition) is 3. The average molecular weight is 375 g/mol. The molecule has 2 aromatic carbocycles. The summed E-state index contributed by atoms with van der Waals surface area (Å²) in [6.45, 7) is 4.07. The Morgan fingerprint density at radius 1 is 1.28 bits per heavy atom. The second-order valence-corrected chi connectivity index (χ2v) is 7.67. The first-order valence-electron chi connectivity index (χ1n) is 8.52. The van der Waals surface area contributed by atoms with Gasteiger partial charge >= 0.3 is 0 Å². The highest BCUT2D eigenvalue weighted by molar-refractivity contribution is 7.98. The van der Waals surface area contributed by atoms with Crippen LogP contribution in [0, 0.1) is 0 Å². The van der Waals surface area contributed by atoms with E-state index in [9.17, 15) is 4.79 Å². The Bertz CT molecular complexity index is 738. The van der Waals surface area contributed by atoms with E-state index in [2.05, 4.69) is 41.4 Å². The van der Waals surface area contributed by atoms with Crippen molar-refractivity contribution in [2.24, 2.45) is 0 Å². The van der Waals surface area contributed by atoms with Crippen LogP contribution >= 0.6 is 23.4 Å². The summed E-state index contributed by atoms with van der Waals surface area (Å²) >= 11 is 7.82. The molecule has 0 saturated carbocycles. The fourth-order valence-electron chi connectivity index (χ4n) is 3.27. The van der Waals surface area contributed by atoms with Gasteiger partial charge in [0, 0.05) is 30.1 Å². The Kier molecular flexibility index (Phi) is 6.05. The van der Waals surface area contributed by atoms with Gasteiger partial charge in [-0.2, -0.15) is 0 Å². The van der Waals surface area contributed by atoms with Crippen LogP contribution in [0.2, 0.25) is 5.02 Å². The van der Waals surface area contributed by atoms with Gasteiger partial charge in [-0.25, -0.2) is 0 Å². The molecule has 3 nitrogen and oxygen atoms in total. The smallest absolute Gasteiger partial charge is 0.253 e. The Labute approximate surface area is 158 Å². The zero-order valence-corrected chi connectivity index (χ0v) is 16.1. The maximum Gasteiger partial charge on any atom is 0.253 e. The minimum Gasteiger partial charge on any atom is -0.348 e. The van der Waals surface area contributed by atoms with Gasteiger partial charge in [-0.15, -0.1) is 11.8 Å². The minimum absolute atomic E-state index is 0.0832. The summed E-state index contributed by atoms with van der Waals surface area (Å²) in [5, 5.41) is 3.65. The molecule has 5 heteroatoms. The maximum atomic E-state index is 12.6. The second-order valence-electron chi connectivity index (χ2n) is 6.39. The topological polar surface area (TPSA) is 32.3 Å². The van der Waals surface area contributed by atoms with E-state index in [1.54, 1.807) is 17.8 Å². The van der Waals surface area contributed by atoms with Crippen LogP contribution in [-0.2, 0) is 0 Å². The largest absolute Gasteiger partial charge is 0.348 e. The number of nitrogens with zero attached hydrogens (tertiary/aromatic N) is 1. The van der Waals surface area contributed by atoms with Crippen molar-refractivity contribution in [3.63, 3.8) is 0 Å². The maximum absolute atomic E-state index is 12.6. The first-order valence-corrected chi connectivity index (χ1v) is 10.1. The van der Waals surface area contributed by atoms with Gasteiger partial charge in [-0.05, 0) is 43.4 Å². The lowest BCUT2D eigenvalue weighted by molar-refractivity contribution is 0.0936. The van der Waals surface area contributed by atoms with Crippen molar-refractivity contribution in [1.29, 1.82) is 0 Å². The molecular weight excluding hydrogens is 352 g/mol. The van der Waals surface area contributed by atoms with Crippen LogP contribution in [0.4, 0.5) is 0 Å². The fraction of sp³-hybridized carbons (Fsp3) is 0.350. The van der Waals surface area contributed by atoms with Crippen molar-refractivity contribution >= 4 is 29.3 Å². The van der Waals surface area contributed by atoms with Gasteiger partial charge in [0.25, 0.3) is 5.91 Å². The minimum atomic E-state index is -0.0832. The molecule has 0 spiro atoms. The summed E-state index contributed by atoms with van der Waals surface area (Å²) in [5.41, 5.74) is 1.87. The lowest BCUT2D eigenvalue weighted by atomic mass is 10.1. The Morgan fingerprint density at radius 2 is 2.04 bits per heavy atom. The average Bonchev–Trinajstić information content (AvgIpc) is 3.10. The van der Waals surface area contributed by atoms with Gasteiger partial charge in [0.05, 0.1) is 10.6 Å². The van der Waals surface area contributed by atoms with Crippen LogP contribution in [0.3, 0.4) is 0 Å². The van der Waals surface area contributed by atoms with Crippen molar-refractivity contribution in [2.75, 3.05) is 19.3 Å². The molecule has 1 amide bonds.